The van der Waals surface area contributed by atoms with E-state index in [2.05, 4.69) is 17.4 Å². The third-order valence-corrected chi connectivity index (χ3v) is 5.26. The predicted octanol–water partition coefficient (Wildman–Crippen LogP) is 3.25. The number of nitrogens with one attached hydrogen (secondary N) is 1. The first-order chi connectivity index (χ1) is 12.1. The molecule has 0 spiro atoms. The highest BCUT2D eigenvalue weighted by atomic mass is 35.5. The van der Waals surface area contributed by atoms with E-state index in [0.717, 1.165) is 17.5 Å². The minimum atomic E-state index is -3.17. The molecule has 0 saturated carbocycles. The fourth-order valence-electron chi connectivity index (χ4n) is 4.08. The van der Waals surface area contributed by atoms with Gasteiger partial charge in [0.2, 0.25) is 0 Å². The summed E-state index contributed by atoms with van der Waals surface area (Å²) in [6, 6.07) is 12.8. The van der Waals surface area contributed by atoms with Crippen LogP contribution in [-0.2, 0) is 6.42 Å². The van der Waals surface area contributed by atoms with Crippen LogP contribution in [0.2, 0.25) is 0 Å². The maximum atomic E-state index is 14.6. The van der Waals surface area contributed by atoms with Crippen LogP contribution in [0.25, 0.3) is 11.1 Å². The maximum Gasteiger partial charge on any atom is 0.289 e. The molecule has 1 aliphatic heterocycles. The van der Waals surface area contributed by atoms with Crippen molar-refractivity contribution in [3.63, 3.8) is 0 Å². The third-order valence-electron chi connectivity index (χ3n) is 5.26. The number of piperazine rings is 1. The number of hydrogen-bond donors (Lipinski definition) is 2. The van der Waals surface area contributed by atoms with Crippen LogP contribution in [0.15, 0.2) is 42.5 Å². The van der Waals surface area contributed by atoms with Crippen molar-refractivity contribution in [2.24, 2.45) is 0 Å². The van der Waals surface area contributed by atoms with Gasteiger partial charge < -0.3 is 10.4 Å². The molecule has 1 heterocycles. The van der Waals surface area contributed by atoms with Crippen molar-refractivity contribution in [2.75, 3.05) is 32.8 Å². The Hall–Kier alpha value is -1.53. The van der Waals surface area contributed by atoms with Crippen LogP contribution >= 0.6 is 12.4 Å². The number of rotatable bonds is 4. The Morgan fingerprint density at radius 1 is 1.04 bits per heavy atom. The monoisotopic (exact) mass is 380 g/mol. The third kappa shape index (κ3) is 3.37. The van der Waals surface area contributed by atoms with Gasteiger partial charge in [-0.3, -0.25) is 4.90 Å². The Balaban J connectivity index is 0.00000196. The second kappa shape index (κ2) is 7.61. The predicted molar refractivity (Wildman–Crippen MR) is 101 cm³/mol. The Morgan fingerprint density at radius 3 is 2.46 bits per heavy atom. The average Bonchev–Trinajstić information content (AvgIpc) is 3.00. The molecule has 0 unspecified atom stereocenters. The molecular formula is C20H23ClF2N2O. The van der Waals surface area contributed by atoms with Crippen molar-refractivity contribution in [2.45, 2.75) is 18.4 Å². The lowest BCUT2D eigenvalue weighted by atomic mass is 9.94. The van der Waals surface area contributed by atoms with Crippen LogP contribution in [0, 0.1) is 0 Å². The van der Waals surface area contributed by atoms with E-state index in [1.165, 1.54) is 11.1 Å². The molecule has 26 heavy (non-hydrogen) atoms. The second-order valence-electron chi connectivity index (χ2n) is 6.86. The second-order valence-corrected chi connectivity index (χ2v) is 6.86. The van der Waals surface area contributed by atoms with Gasteiger partial charge in [-0.15, -0.1) is 12.4 Å². The molecule has 2 N–H and O–H groups in total. The van der Waals surface area contributed by atoms with Gasteiger partial charge in [0.15, 0.2) is 0 Å². The van der Waals surface area contributed by atoms with E-state index in [-0.39, 0.29) is 12.4 Å². The Kier molecular flexibility index (Phi) is 5.63. The number of fused-ring (bicyclic) bond motifs is 3. The van der Waals surface area contributed by atoms with E-state index >= 15 is 0 Å². The average molecular weight is 381 g/mol. The van der Waals surface area contributed by atoms with Crippen molar-refractivity contribution in [3.05, 3.63) is 59.2 Å². The van der Waals surface area contributed by atoms with Crippen molar-refractivity contribution in [1.82, 2.24) is 10.2 Å². The van der Waals surface area contributed by atoms with Crippen molar-refractivity contribution in [1.29, 1.82) is 0 Å². The number of hydrogen-bond acceptors (Lipinski definition) is 3. The molecule has 0 bridgehead atoms. The van der Waals surface area contributed by atoms with E-state index in [0.29, 0.717) is 31.7 Å². The summed E-state index contributed by atoms with van der Waals surface area (Å²) in [4.78, 5) is 1.79. The van der Waals surface area contributed by atoms with E-state index < -0.39 is 18.6 Å². The zero-order valence-electron chi connectivity index (χ0n) is 14.4. The Bertz CT molecular complexity index is 778. The summed E-state index contributed by atoms with van der Waals surface area (Å²) in [5.74, 6) is -3.17. The summed E-state index contributed by atoms with van der Waals surface area (Å²) in [5, 5.41) is 12.5. The molecule has 6 heteroatoms. The van der Waals surface area contributed by atoms with Gasteiger partial charge >= 0.3 is 0 Å². The Labute approximate surface area is 158 Å². The first-order valence-corrected chi connectivity index (χ1v) is 8.75. The number of alkyl halides is 2. The number of aliphatic hydroxyl groups excluding tert-OH is 1. The number of halogens is 3. The van der Waals surface area contributed by atoms with E-state index in [1.54, 1.807) is 11.0 Å². The lowest BCUT2D eigenvalue weighted by Crippen LogP contribution is -2.51. The van der Waals surface area contributed by atoms with Crippen molar-refractivity contribution < 1.29 is 13.9 Å². The van der Waals surface area contributed by atoms with E-state index in [9.17, 15) is 13.9 Å². The zero-order chi connectivity index (χ0) is 17.4. The largest absolute Gasteiger partial charge is 0.390 e. The van der Waals surface area contributed by atoms with Crippen LogP contribution in [0.4, 0.5) is 8.78 Å². The first kappa shape index (κ1) is 19.2. The first-order valence-electron chi connectivity index (χ1n) is 8.75. The molecule has 2 aliphatic rings. The fraction of sp³-hybridized carbons (Fsp3) is 0.400. The minimum absolute atomic E-state index is 0. The van der Waals surface area contributed by atoms with Gasteiger partial charge in [0.1, 0.15) is 12.6 Å². The van der Waals surface area contributed by atoms with Crippen LogP contribution in [0.1, 0.15) is 22.7 Å². The van der Waals surface area contributed by atoms with E-state index in [1.807, 2.05) is 24.3 Å². The molecular weight excluding hydrogens is 358 g/mol. The van der Waals surface area contributed by atoms with Gasteiger partial charge in [-0.25, -0.2) is 8.78 Å². The molecule has 140 valence electrons. The molecule has 0 amide bonds. The lowest BCUT2D eigenvalue weighted by Gasteiger charge is -2.39. The molecule has 1 fully saturated rings. The number of nitrogens with zero attached hydrogens (tertiary/aromatic N) is 1. The van der Waals surface area contributed by atoms with Gasteiger partial charge in [-0.1, -0.05) is 42.5 Å². The van der Waals surface area contributed by atoms with Crippen molar-refractivity contribution >= 4 is 12.4 Å². The summed E-state index contributed by atoms with van der Waals surface area (Å²) < 4.78 is 29.2. The molecule has 0 radical (unpaired) electrons. The molecule has 0 aromatic heterocycles. The molecule has 2 aromatic rings. The highest BCUT2D eigenvalue weighted by Gasteiger charge is 2.44. The van der Waals surface area contributed by atoms with Crippen LogP contribution in [0.5, 0.6) is 0 Å². The highest BCUT2D eigenvalue weighted by molar-refractivity contribution is 5.85. The SMILES string of the molecule is Cl.OCC(F)(F)[C@@H](c1ccc2c(c1)Cc1ccccc1-2)N1CCNCC1. The van der Waals surface area contributed by atoms with Crippen LogP contribution in [0.3, 0.4) is 0 Å². The summed E-state index contributed by atoms with van der Waals surface area (Å²) in [7, 11) is 0. The molecule has 4 rings (SSSR count). The topological polar surface area (TPSA) is 35.5 Å². The van der Waals surface area contributed by atoms with E-state index in [4.69, 9.17) is 0 Å². The van der Waals surface area contributed by atoms with Gasteiger partial charge in [0.25, 0.3) is 5.92 Å². The molecule has 1 atom stereocenters. The van der Waals surface area contributed by atoms with Crippen LogP contribution < -0.4 is 5.32 Å². The van der Waals surface area contributed by atoms with Gasteiger partial charge in [-0.05, 0) is 34.2 Å². The molecule has 1 saturated heterocycles. The number of aliphatic hydroxyl groups is 1. The smallest absolute Gasteiger partial charge is 0.289 e. The standard InChI is InChI=1S/C20H22F2N2O.ClH/c21-20(22,13-25)19(24-9-7-23-8-10-24)15-5-6-18-16(12-15)11-14-3-1-2-4-17(14)18;/h1-6,12,19,23,25H,7-11,13H2;1H/t19-;/m1./s1. The van der Waals surface area contributed by atoms with Gasteiger partial charge in [0.05, 0.1) is 0 Å². The highest BCUT2D eigenvalue weighted by Crippen LogP contribution is 2.41. The maximum absolute atomic E-state index is 14.6. The lowest BCUT2D eigenvalue weighted by molar-refractivity contribution is -0.118. The normalized spacial score (nSPS) is 18.0. The molecule has 3 nitrogen and oxygen atoms in total. The quantitative estimate of drug-likeness (QED) is 0.729. The van der Waals surface area contributed by atoms with Gasteiger partial charge in [0, 0.05) is 26.2 Å². The fourth-order valence-corrected chi connectivity index (χ4v) is 4.08. The van der Waals surface area contributed by atoms with Crippen molar-refractivity contribution in [3.8, 4) is 11.1 Å². The molecule has 1 aliphatic carbocycles. The minimum Gasteiger partial charge on any atom is -0.390 e. The molecule has 2 aromatic carbocycles. The zero-order valence-corrected chi connectivity index (χ0v) is 15.2. The van der Waals surface area contributed by atoms with Gasteiger partial charge in [-0.2, -0.15) is 0 Å². The summed E-state index contributed by atoms with van der Waals surface area (Å²) >= 11 is 0. The summed E-state index contributed by atoms with van der Waals surface area (Å²) in [6.45, 7) is 1.34. The van der Waals surface area contributed by atoms with Crippen LogP contribution in [-0.4, -0.2) is 48.7 Å². The summed E-state index contributed by atoms with van der Waals surface area (Å²) in [5.41, 5.74) is 5.24. The Morgan fingerprint density at radius 2 is 1.73 bits per heavy atom. The summed E-state index contributed by atoms with van der Waals surface area (Å²) in [6.07, 6.45) is 0.776. The number of benzene rings is 2.